The van der Waals surface area contributed by atoms with Crippen molar-refractivity contribution >= 4 is 45.0 Å². The topological polar surface area (TPSA) is 67.8 Å². The third-order valence-electron chi connectivity index (χ3n) is 4.17. The first kappa shape index (κ1) is 19.8. The predicted molar refractivity (Wildman–Crippen MR) is 114 cm³/mol. The van der Waals surface area contributed by atoms with E-state index in [0.717, 1.165) is 32.9 Å². The van der Waals surface area contributed by atoms with Crippen molar-refractivity contribution in [1.82, 2.24) is 15.2 Å². The number of benzene rings is 1. The van der Waals surface area contributed by atoms with Gasteiger partial charge in [-0.25, -0.2) is 4.98 Å². The molecule has 1 amide bonds. The van der Waals surface area contributed by atoms with Gasteiger partial charge in [-0.1, -0.05) is 55.1 Å². The molecule has 0 aliphatic rings. The number of hydrogen-bond acceptors (Lipinski definition) is 6. The van der Waals surface area contributed by atoms with Crippen molar-refractivity contribution in [3.8, 4) is 0 Å². The van der Waals surface area contributed by atoms with Gasteiger partial charge in [0.25, 0.3) is 0 Å². The maximum atomic E-state index is 12.5. The number of rotatable bonds is 6. The molecule has 2 heterocycles. The van der Waals surface area contributed by atoms with Crippen molar-refractivity contribution in [2.24, 2.45) is 5.92 Å². The highest BCUT2D eigenvalue weighted by Gasteiger charge is 2.18. The number of aromatic nitrogens is 3. The van der Waals surface area contributed by atoms with Crippen LogP contribution in [0, 0.1) is 19.8 Å². The number of thioether (sulfide) groups is 1. The third-order valence-corrected chi connectivity index (χ3v) is 6.05. The molecule has 0 bridgehead atoms. The van der Waals surface area contributed by atoms with E-state index < -0.39 is 0 Å². The van der Waals surface area contributed by atoms with Crippen molar-refractivity contribution in [2.45, 2.75) is 51.3 Å². The molecule has 0 saturated heterocycles. The van der Waals surface area contributed by atoms with E-state index in [-0.39, 0.29) is 11.2 Å². The van der Waals surface area contributed by atoms with Crippen LogP contribution in [-0.2, 0) is 11.2 Å². The lowest BCUT2D eigenvalue weighted by Crippen LogP contribution is -2.22. The molecule has 3 rings (SSSR count). The second-order valence-corrected chi connectivity index (χ2v) is 9.52. The summed E-state index contributed by atoms with van der Waals surface area (Å²) in [7, 11) is 0. The molecule has 1 atom stereocenters. The number of carbonyl (C=O) groups excluding carboxylic acids is 1. The first-order valence-corrected chi connectivity index (χ1v) is 10.7. The normalized spacial score (nSPS) is 12.5. The fourth-order valence-corrected chi connectivity index (χ4v) is 4.64. The Balaban J connectivity index is 1.70. The van der Waals surface area contributed by atoms with Crippen LogP contribution in [0.5, 0.6) is 0 Å². The highest BCUT2D eigenvalue weighted by atomic mass is 32.2. The monoisotopic (exact) mass is 400 g/mol. The lowest BCUT2D eigenvalue weighted by Gasteiger charge is -2.12. The summed E-state index contributed by atoms with van der Waals surface area (Å²) in [6.45, 7) is 10.3. The molecule has 0 saturated carbocycles. The van der Waals surface area contributed by atoms with E-state index in [1.54, 1.807) is 0 Å². The Bertz CT molecular complexity index is 968. The number of amides is 1. The van der Waals surface area contributed by atoms with Crippen LogP contribution in [0.15, 0.2) is 29.3 Å². The number of pyridine rings is 1. The smallest absolute Gasteiger partial charge is 0.239 e. The largest absolute Gasteiger partial charge is 0.300 e. The minimum absolute atomic E-state index is 0.0865. The fraction of sp³-hybridized carbons (Fsp3) is 0.400. The molecular weight excluding hydrogens is 376 g/mol. The van der Waals surface area contributed by atoms with E-state index >= 15 is 0 Å². The lowest BCUT2D eigenvalue weighted by atomic mass is 10.1. The number of hydrogen-bond donors (Lipinski definition) is 1. The number of para-hydroxylation sites is 1. The number of carbonyl (C=O) groups is 1. The molecule has 3 aromatic rings. The van der Waals surface area contributed by atoms with E-state index in [1.165, 1.54) is 28.7 Å². The first-order chi connectivity index (χ1) is 12.8. The van der Waals surface area contributed by atoms with Gasteiger partial charge in [0.1, 0.15) is 5.01 Å². The Labute approximate surface area is 168 Å². The Hall–Kier alpha value is -1.99. The molecule has 2 aromatic heterocycles. The van der Waals surface area contributed by atoms with Crippen molar-refractivity contribution in [3.63, 3.8) is 0 Å². The van der Waals surface area contributed by atoms with Crippen LogP contribution < -0.4 is 5.32 Å². The maximum Gasteiger partial charge on any atom is 0.239 e. The van der Waals surface area contributed by atoms with Crippen LogP contribution >= 0.6 is 23.1 Å². The van der Waals surface area contributed by atoms with Crippen LogP contribution in [0.4, 0.5) is 5.13 Å². The zero-order chi connectivity index (χ0) is 19.6. The quantitative estimate of drug-likeness (QED) is 0.588. The Morgan fingerprint density at radius 2 is 1.96 bits per heavy atom. The predicted octanol–water partition coefficient (Wildman–Crippen LogP) is 5.02. The molecule has 27 heavy (non-hydrogen) atoms. The molecule has 7 heteroatoms. The summed E-state index contributed by atoms with van der Waals surface area (Å²) in [6, 6.07) is 8.23. The van der Waals surface area contributed by atoms with Crippen LogP contribution in [0.25, 0.3) is 10.9 Å². The summed E-state index contributed by atoms with van der Waals surface area (Å²) in [4.78, 5) is 17.3. The Morgan fingerprint density at radius 1 is 1.19 bits per heavy atom. The molecule has 1 unspecified atom stereocenters. The maximum absolute atomic E-state index is 12.5. The first-order valence-electron chi connectivity index (χ1n) is 9.00. The van der Waals surface area contributed by atoms with Gasteiger partial charge in [0.05, 0.1) is 15.8 Å². The van der Waals surface area contributed by atoms with E-state index in [9.17, 15) is 4.79 Å². The summed E-state index contributed by atoms with van der Waals surface area (Å²) in [5.41, 5.74) is 3.30. The second-order valence-electron chi connectivity index (χ2n) is 7.10. The van der Waals surface area contributed by atoms with E-state index in [2.05, 4.69) is 55.3 Å². The summed E-state index contributed by atoms with van der Waals surface area (Å²) in [6.07, 6.45) is 0.872. The Morgan fingerprint density at radius 3 is 2.70 bits per heavy atom. The number of nitrogens with zero attached hydrogens (tertiary/aromatic N) is 3. The number of anilines is 1. The van der Waals surface area contributed by atoms with Gasteiger partial charge in [-0.2, -0.15) is 0 Å². The van der Waals surface area contributed by atoms with Gasteiger partial charge < -0.3 is 0 Å². The van der Waals surface area contributed by atoms with Crippen molar-refractivity contribution in [3.05, 3.63) is 40.4 Å². The van der Waals surface area contributed by atoms with Crippen molar-refractivity contribution < 1.29 is 4.79 Å². The molecule has 1 aromatic carbocycles. The average Bonchev–Trinajstić information content (AvgIpc) is 3.02. The Kier molecular flexibility index (Phi) is 6.11. The number of nitrogens with one attached hydrogen (secondary N) is 1. The fourth-order valence-electron chi connectivity index (χ4n) is 2.77. The van der Waals surface area contributed by atoms with Crippen molar-refractivity contribution in [1.29, 1.82) is 0 Å². The summed E-state index contributed by atoms with van der Waals surface area (Å²) in [5.74, 6) is 0.429. The SMILES string of the molecule is Cc1cc(SC(C)C(=O)Nc2nnc(CC(C)C)s2)nc2c(C)cccc12. The van der Waals surface area contributed by atoms with Gasteiger partial charge in [0, 0.05) is 11.8 Å². The zero-order valence-corrected chi connectivity index (χ0v) is 17.9. The molecule has 5 nitrogen and oxygen atoms in total. The van der Waals surface area contributed by atoms with Crippen LogP contribution in [0.3, 0.4) is 0 Å². The molecule has 0 aliphatic heterocycles. The number of aryl methyl sites for hydroxylation is 2. The van der Waals surface area contributed by atoms with E-state index in [0.29, 0.717) is 11.0 Å². The summed E-state index contributed by atoms with van der Waals surface area (Å²) in [5, 5.41) is 14.3. The summed E-state index contributed by atoms with van der Waals surface area (Å²) >= 11 is 2.90. The third kappa shape index (κ3) is 4.84. The van der Waals surface area contributed by atoms with Crippen LogP contribution in [0.1, 0.15) is 36.9 Å². The molecule has 0 radical (unpaired) electrons. The molecule has 142 valence electrons. The van der Waals surface area contributed by atoms with Crippen LogP contribution in [0.2, 0.25) is 0 Å². The molecule has 1 N–H and O–H groups in total. The highest BCUT2D eigenvalue weighted by Crippen LogP contribution is 2.29. The summed E-state index contributed by atoms with van der Waals surface area (Å²) < 4.78 is 0. The standard InChI is InChI=1S/C20H24N4OS2/c1-11(2)9-17-23-24-20(27-17)22-19(25)14(5)26-16-10-13(4)15-8-6-7-12(3)18(15)21-16/h6-8,10-11,14H,9H2,1-5H3,(H,22,24,25). The van der Waals surface area contributed by atoms with Gasteiger partial charge in [-0.3, -0.25) is 10.1 Å². The highest BCUT2D eigenvalue weighted by molar-refractivity contribution is 8.00. The van der Waals surface area contributed by atoms with Crippen LogP contribution in [-0.4, -0.2) is 26.3 Å². The lowest BCUT2D eigenvalue weighted by molar-refractivity contribution is -0.115. The number of fused-ring (bicyclic) bond motifs is 1. The van der Waals surface area contributed by atoms with Gasteiger partial charge >= 0.3 is 0 Å². The van der Waals surface area contributed by atoms with Gasteiger partial charge in [-0.15, -0.1) is 10.2 Å². The minimum Gasteiger partial charge on any atom is -0.300 e. The minimum atomic E-state index is -0.282. The molecule has 0 aliphatic carbocycles. The van der Waals surface area contributed by atoms with E-state index in [4.69, 9.17) is 4.98 Å². The van der Waals surface area contributed by atoms with Crippen molar-refractivity contribution in [2.75, 3.05) is 5.32 Å². The van der Waals surface area contributed by atoms with Gasteiger partial charge in [0.2, 0.25) is 11.0 Å². The molecular formula is C20H24N4OS2. The van der Waals surface area contributed by atoms with Gasteiger partial charge in [0.15, 0.2) is 0 Å². The zero-order valence-electron chi connectivity index (χ0n) is 16.2. The van der Waals surface area contributed by atoms with Gasteiger partial charge in [-0.05, 0) is 43.9 Å². The molecule has 0 fully saturated rings. The average molecular weight is 401 g/mol. The van der Waals surface area contributed by atoms with E-state index in [1.807, 2.05) is 19.1 Å². The second kappa shape index (κ2) is 8.35. The molecule has 0 spiro atoms.